The molecule has 0 aliphatic carbocycles. The van der Waals surface area contributed by atoms with Gasteiger partial charge in [-0.05, 0) is 18.6 Å². The average Bonchev–Trinajstić information content (AvgIpc) is 2.13. The van der Waals surface area contributed by atoms with Crippen molar-refractivity contribution < 1.29 is 8.78 Å². The summed E-state index contributed by atoms with van der Waals surface area (Å²) in [6.45, 7) is 1.59. The van der Waals surface area contributed by atoms with Crippen LogP contribution >= 0.6 is 0 Å². The van der Waals surface area contributed by atoms with Crippen molar-refractivity contribution in [1.29, 1.82) is 0 Å². The van der Waals surface area contributed by atoms with Crippen LogP contribution in [0.25, 0.3) is 0 Å². The number of hydrogen-bond donors (Lipinski definition) is 0. The van der Waals surface area contributed by atoms with Gasteiger partial charge in [-0.3, -0.25) is 0 Å². The fraction of sp³-hybridized carbons (Fsp3) is 0.333. The summed E-state index contributed by atoms with van der Waals surface area (Å²) in [6.07, 6.45) is 1.33. The first-order valence-corrected chi connectivity index (χ1v) is 2.50. The molecular weight excluding hydrogens is 124 g/mol. The van der Waals surface area contributed by atoms with Gasteiger partial charge in [-0.1, -0.05) is 0 Å². The highest BCUT2D eigenvalue weighted by Crippen LogP contribution is 2.16. The molecule has 0 unspecified atom stereocenters. The third-order valence-corrected chi connectivity index (χ3v) is 1.08. The quantitative estimate of drug-likeness (QED) is 0.509. The maximum absolute atomic E-state index is 11.8. The lowest BCUT2D eigenvalue weighted by molar-refractivity contribution is 0.182. The molecule has 1 aliphatic heterocycles. The van der Waals surface area contributed by atoms with E-state index in [4.69, 9.17) is 0 Å². The molecule has 1 nitrogen and oxygen atoms in total. The van der Waals surface area contributed by atoms with Crippen LogP contribution in [0.2, 0.25) is 0 Å². The third-order valence-electron chi connectivity index (χ3n) is 1.08. The van der Waals surface area contributed by atoms with Crippen LogP contribution in [0.4, 0.5) is 8.78 Å². The second-order valence-electron chi connectivity index (χ2n) is 1.75. The summed E-state index contributed by atoms with van der Waals surface area (Å²) < 4.78 is 23.6. The topological polar surface area (TPSA) is 14.1 Å². The Bertz CT molecular complexity index is 170. The van der Waals surface area contributed by atoms with E-state index in [0.717, 1.165) is 0 Å². The summed E-state index contributed by atoms with van der Waals surface area (Å²) in [7, 11) is 0. The van der Waals surface area contributed by atoms with Crippen LogP contribution in [-0.4, -0.2) is 6.43 Å². The first-order valence-electron chi connectivity index (χ1n) is 2.50. The summed E-state index contributed by atoms with van der Waals surface area (Å²) in [5.41, 5.74) is 0.347. The van der Waals surface area contributed by atoms with E-state index in [0.29, 0.717) is 5.57 Å². The Hall–Kier alpha value is -0.860. The second-order valence-corrected chi connectivity index (χ2v) is 1.75. The van der Waals surface area contributed by atoms with Crippen molar-refractivity contribution in [3.05, 3.63) is 23.5 Å². The van der Waals surface area contributed by atoms with Crippen molar-refractivity contribution in [3.63, 3.8) is 0 Å². The first-order chi connectivity index (χ1) is 4.22. The van der Waals surface area contributed by atoms with E-state index in [-0.39, 0.29) is 5.70 Å². The van der Waals surface area contributed by atoms with Gasteiger partial charge in [0.05, 0.1) is 6.20 Å². The molecule has 0 N–H and O–H groups in total. The minimum absolute atomic E-state index is 0.157. The number of halogens is 2. The van der Waals surface area contributed by atoms with Gasteiger partial charge in [-0.25, -0.2) is 14.1 Å². The fourth-order valence-corrected chi connectivity index (χ4v) is 0.582. The summed E-state index contributed by atoms with van der Waals surface area (Å²) in [5, 5.41) is 3.34. The number of allylic oxidation sites excluding steroid dienone is 3. The molecule has 3 heteroatoms. The highest BCUT2D eigenvalue weighted by Gasteiger charge is 2.16. The van der Waals surface area contributed by atoms with Gasteiger partial charge in [0.2, 0.25) is 0 Å². The van der Waals surface area contributed by atoms with Crippen LogP contribution in [0.1, 0.15) is 6.92 Å². The van der Waals surface area contributed by atoms with E-state index in [1.807, 2.05) is 0 Å². The molecule has 1 rings (SSSR count). The van der Waals surface area contributed by atoms with Crippen LogP contribution in [0.5, 0.6) is 0 Å². The smallest absolute Gasteiger partial charge is 0.245 e. The number of alkyl halides is 2. The predicted molar refractivity (Wildman–Crippen MR) is 28.7 cm³/mol. The third kappa shape index (κ3) is 1.09. The van der Waals surface area contributed by atoms with Crippen molar-refractivity contribution in [1.82, 2.24) is 5.32 Å². The highest BCUT2D eigenvalue weighted by molar-refractivity contribution is 5.28. The van der Waals surface area contributed by atoms with E-state index in [9.17, 15) is 8.78 Å². The van der Waals surface area contributed by atoms with Gasteiger partial charge < -0.3 is 0 Å². The minimum atomic E-state index is -2.46. The molecule has 0 bridgehead atoms. The van der Waals surface area contributed by atoms with Crippen LogP contribution in [0, 0.1) is 6.20 Å². The lowest BCUT2D eigenvalue weighted by Gasteiger charge is -1.98. The van der Waals surface area contributed by atoms with Gasteiger partial charge >= 0.3 is 0 Å². The molecule has 0 amide bonds. The fourth-order valence-electron chi connectivity index (χ4n) is 0.582. The number of nitrogens with zero attached hydrogens (tertiary/aromatic N) is 1. The lowest BCUT2D eigenvalue weighted by Crippen LogP contribution is -2.04. The molecule has 0 aromatic heterocycles. The molecule has 0 fully saturated rings. The minimum Gasteiger partial charge on any atom is -0.245 e. The molecule has 0 saturated heterocycles. The Balaban J connectivity index is 2.73. The number of rotatable bonds is 1. The van der Waals surface area contributed by atoms with Gasteiger partial charge in [0, 0.05) is 0 Å². The maximum atomic E-state index is 11.8. The zero-order chi connectivity index (χ0) is 6.85. The standard InChI is InChI=1S/C6H5F2N/c1-4-2-3-9-5(4)6(7)8/h2,6H,1H3. The SMILES string of the molecule is CC1=C(C(F)F)[N][C]=C1. The molecule has 9 heavy (non-hydrogen) atoms. The largest absolute Gasteiger partial charge is 0.280 e. The Morgan fingerprint density at radius 2 is 2.33 bits per heavy atom. The Labute approximate surface area is 52.1 Å². The first kappa shape index (κ1) is 6.26. The van der Waals surface area contributed by atoms with Crippen molar-refractivity contribution in [2.75, 3.05) is 0 Å². The molecule has 0 atom stereocenters. The van der Waals surface area contributed by atoms with E-state index < -0.39 is 6.43 Å². The monoisotopic (exact) mass is 129 g/mol. The molecule has 1 aliphatic rings. The lowest BCUT2D eigenvalue weighted by atomic mass is 10.3. The molecule has 0 saturated carbocycles. The van der Waals surface area contributed by atoms with Gasteiger partial charge in [0.1, 0.15) is 5.70 Å². The summed E-state index contributed by atoms with van der Waals surface area (Å²) in [6, 6.07) is 0. The molecular formula is C6H5F2N. The second kappa shape index (κ2) is 2.17. The van der Waals surface area contributed by atoms with Gasteiger partial charge in [0.25, 0.3) is 6.43 Å². The maximum Gasteiger partial charge on any atom is 0.280 e. The molecule has 48 valence electrons. The van der Waals surface area contributed by atoms with E-state index in [1.54, 1.807) is 6.92 Å². The molecule has 0 spiro atoms. The van der Waals surface area contributed by atoms with Crippen LogP contribution in [-0.2, 0) is 0 Å². The van der Waals surface area contributed by atoms with Crippen molar-refractivity contribution >= 4 is 0 Å². The normalized spacial score (nSPS) is 17.3. The van der Waals surface area contributed by atoms with Gasteiger partial charge in [-0.2, -0.15) is 0 Å². The van der Waals surface area contributed by atoms with Gasteiger partial charge in [0.15, 0.2) is 0 Å². The summed E-state index contributed by atoms with van der Waals surface area (Å²) in [4.78, 5) is 0. The van der Waals surface area contributed by atoms with Crippen LogP contribution in [0.3, 0.4) is 0 Å². The molecule has 0 aromatic carbocycles. The summed E-state index contributed by atoms with van der Waals surface area (Å²) >= 11 is 0. The van der Waals surface area contributed by atoms with Crippen LogP contribution in [0.15, 0.2) is 17.3 Å². The van der Waals surface area contributed by atoms with E-state index in [1.165, 1.54) is 6.08 Å². The zero-order valence-corrected chi connectivity index (χ0v) is 4.86. The van der Waals surface area contributed by atoms with Crippen LogP contribution < -0.4 is 5.32 Å². The highest BCUT2D eigenvalue weighted by atomic mass is 19.3. The van der Waals surface area contributed by atoms with E-state index in [2.05, 4.69) is 11.5 Å². The molecule has 2 radical (unpaired) electrons. The predicted octanol–water partition coefficient (Wildman–Crippen LogP) is 1.46. The van der Waals surface area contributed by atoms with Crippen molar-refractivity contribution in [2.24, 2.45) is 0 Å². The van der Waals surface area contributed by atoms with Crippen molar-refractivity contribution in [2.45, 2.75) is 13.3 Å². The molecule has 0 aromatic rings. The molecule has 1 heterocycles. The Morgan fingerprint density at radius 3 is 2.56 bits per heavy atom. The Morgan fingerprint density at radius 1 is 1.67 bits per heavy atom. The van der Waals surface area contributed by atoms with Crippen molar-refractivity contribution in [3.8, 4) is 0 Å². The van der Waals surface area contributed by atoms with E-state index >= 15 is 0 Å². The summed E-state index contributed by atoms with van der Waals surface area (Å²) in [5.74, 6) is 0. The average molecular weight is 129 g/mol. The number of hydrogen-bond acceptors (Lipinski definition) is 0. The Kier molecular flexibility index (Phi) is 1.51. The van der Waals surface area contributed by atoms with Gasteiger partial charge in [-0.15, -0.1) is 0 Å². The zero-order valence-electron chi connectivity index (χ0n) is 4.86.